The van der Waals surface area contributed by atoms with Crippen molar-refractivity contribution in [2.75, 3.05) is 13.2 Å². The molecule has 5 nitrogen and oxygen atoms in total. The van der Waals surface area contributed by atoms with Crippen LogP contribution in [0.3, 0.4) is 0 Å². The molecule has 2 rings (SSSR count). The highest BCUT2D eigenvalue weighted by atomic mass is 16.3. The predicted molar refractivity (Wildman–Crippen MR) is 67.7 cm³/mol. The van der Waals surface area contributed by atoms with E-state index in [1.165, 1.54) is 0 Å². The highest BCUT2D eigenvalue weighted by molar-refractivity contribution is 5.82. The summed E-state index contributed by atoms with van der Waals surface area (Å²) in [5, 5.41) is 12.4. The third-order valence-corrected chi connectivity index (χ3v) is 3.21. The number of amides is 1. The summed E-state index contributed by atoms with van der Waals surface area (Å²) in [5.41, 5.74) is 1.01. The molecule has 1 aromatic rings. The average Bonchev–Trinajstić information content (AvgIpc) is 2.53. The zero-order chi connectivity index (χ0) is 13.0. The van der Waals surface area contributed by atoms with Crippen molar-refractivity contribution in [2.45, 2.75) is 32.0 Å². The van der Waals surface area contributed by atoms with E-state index in [-0.39, 0.29) is 18.6 Å². The van der Waals surface area contributed by atoms with Gasteiger partial charge in [0.1, 0.15) is 6.04 Å². The van der Waals surface area contributed by atoms with Gasteiger partial charge in [-0.15, -0.1) is 0 Å². The van der Waals surface area contributed by atoms with Gasteiger partial charge < -0.3 is 15.3 Å². The van der Waals surface area contributed by atoms with Gasteiger partial charge in [-0.2, -0.15) is 0 Å². The summed E-state index contributed by atoms with van der Waals surface area (Å²) in [5.74, 6) is -0.0364. The Kier molecular flexibility index (Phi) is 4.28. The summed E-state index contributed by atoms with van der Waals surface area (Å²) in [4.78, 5) is 18.0. The van der Waals surface area contributed by atoms with Gasteiger partial charge in [-0.1, -0.05) is 6.07 Å². The van der Waals surface area contributed by atoms with Crippen LogP contribution in [0.4, 0.5) is 0 Å². The van der Waals surface area contributed by atoms with Crippen molar-refractivity contribution in [3.8, 4) is 0 Å². The van der Waals surface area contributed by atoms with Crippen molar-refractivity contribution in [1.29, 1.82) is 0 Å². The SMILES string of the molecule is CC1CCN(Cc2cccnc2)C(=O)C(CO)N1. The van der Waals surface area contributed by atoms with Crippen molar-refractivity contribution >= 4 is 5.91 Å². The van der Waals surface area contributed by atoms with Crippen molar-refractivity contribution in [3.63, 3.8) is 0 Å². The molecular weight excluding hydrogens is 230 g/mol. The van der Waals surface area contributed by atoms with Crippen LogP contribution >= 0.6 is 0 Å². The minimum absolute atomic E-state index is 0.0364. The molecule has 1 amide bonds. The molecule has 5 heteroatoms. The number of aromatic nitrogens is 1. The van der Waals surface area contributed by atoms with E-state index in [9.17, 15) is 9.90 Å². The summed E-state index contributed by atoms with van der Waals surface area (Å²) in [7, 11) is 0. The molecule has 2 N–H and O–H groups in total. The van der Waals surface area contributed by atoms with E-state index < -0.39 is 6.04 Å². The Morgan fingerprint density at radius 2 is 2.44 bits per heavy atom. The maximum Gasteiger partial charge on any atom is 0.242 e. The summed E-state index contributed by atoms with van der Waals surface area (Å²) in [6.45, 7) is 3.13. The third-order valence-electron chi connectivity index (χ3n) is 3.21. The first-order chi connectivity index (χ1) is 8.70. The van der Waals surface area contributed by atoms with Crippen LogP contribution in [0.25, 0.3) is 0 Å². The number of nitrogens with one attached hydrogen (secondary N) is 1. The number of pyridine rings is 1. The average molecular weight is 249 g/mol. The van der Waals surface area contributed by atoms with E-state index in [4.69, 9.17) is 0 Å². The van der Waals surface area contributed by atoms with Gasteiger partial charge in [-0.25, -0.2) is 0 Å². The highest BCUT2D eigenvalue weighted by Crippen LogP contribution is 2.11. The van der Waals surface area contributed by atoms with E-state index in [0.29, 0.717) is 13.1 Å². The second kappa shape index (κ2) is 5.93. The number of nitrogens with zero attached hydrogens (tertiary/aromatic N) is 2. The largest absolute Gasteiger partial charge is 0.394 e. The van der Waals surface area contributed by atoms with Gasteiger partial charge in [-0.3, -0.25) is 9.78 Å². The lowest BCUT2D eigenvalue weighted by molar-refractivity contribution is -0.134. The maximum atomic E-state index is 12.2. The first-order valence-corrected chi connectivity index (χ1v) is 6.25. The monoisotopic (exact) mass is 249 g/mol. The van der Waals surface area contributed by atoms with Gasteiger partial charge in [0.05, 0.1) is 6.61 Å². The first kappa shape index (κ1) is 13.0. The number of hydrogen-bond donors (Lipinski definition) is 2. The maximum absolute atomic E-state index is 12.2. The van der Waals surface area contributed by atoms with Crippen molar-refractivity contribution < 1.29 is 9.90 Å². The Morgan fingerprint density at radius 1 is 1.61 bits per heavy atom. The zero-order valence-electron chi connectivity index (χ0n) is 10.5. The lowest BCUT2D eigenvalue weighted by atomic mass is 10.2. The quantitative estimate of drug-likeness (QED) is 0.800. The number of rotatable bonds is 3. The van der Waals surface area contributed by atoms with Gasteiger partial charge in [-0.05, 0) is 25.0 Å². The minimum atomic E-state index is -0.487. The number of aliphatic hydroxyl groups is 1. The van der Waals surface area contributed by atoms with Gasteiger partial charge in [0.25, 0.3) is 0 Å². The van der Waals surface area contributed by atoms with E-state index in [2.05, 4.69) is 10.3 Å². The van der Waals surface area contributed by atoms with Crippen LogP contribution < -0.4 is 5.32 Å². The first-order valence-electron chi connectivity index (χ1n) is 6.25. The zero-order valence-corrected chi connectivity index (χ0v) is 10.5. The minimum Gasteiger partial charge on any atom is -0.394 e. The molecule has 18 heavy (non-hydrogen) atoms. The molecule has 1 aliphatic rings. The molecule has 0 bridgehead atoms. The molecule has 1 aromatic heterocycles. The molecule has 2 heterocycles. The molecule has 2 unspecified atom stereocenters. The molecule has 1 aliphatic heterocycles. The van der Waals surface area contributed by atoms with Crippen LogP contribution in [0.2, 0.25) is 0 Å². The van der Waals surface area contributed by atoms with Crippen LogP contribution in [-0.2, 0) is 11.3 Å². The van der Waals surface area contributed by atoms with Gasteiger partial charge in [0.2, 0.25) is 5.91 Å². The summed E-state index contributed by atoms with van der Waals surface area (Å²) < 4.78 is 0. The van der Waals surface area contributed by atoms with Gasteiger partial charge >= 0.3 is 0 Å². The van der Waals surface area contributed by atoms with E-state index in [0.717, 1.165) is 12.0 Å². The Hall–Kier alpha value is -1.46. The molecule has 1 saturated heterocycles. The van der Waals surface area contributed by atoms with E-state index in [1.807, 2.05) is 19.1 Å². The van der Waals surface area contributed by atoms with Crippen LogP contribution in [0.15, 0.2) is 24.5 Å². The summed E-state index contributed by atoms with van der Waals surface area (Å²) >= 11 is 0. The predicted octanol–water partition coefficient (Wildman–Crippen LogP) is 0.153. The van der Waals surface area contributed by atoms with Gasteiger partial charge in [0.15, 0.2) is 0 Å². The van der Waals surface area contributed by atoms with E-state index in [1.54, 1.807) is 17.3 Å². The van der Waals surface area contributed by atoms with Gasteiger partial charge in [0, 0.05) is 31.5 Å². The standard InChI is InChI=1S/C13H19N3O2/c1-10-4-6-16(13(18)12(9-17)15-10)8-11-3-2-5-14-7-11/h2-3,5,7,10,12,15,17H,4,6,8-9H2,1H3. The Labute approximate surface area is 107 Å². The molecular formula is C13H19N3O2. The summed E-state index contributed by atoms with van der Waals surface area (Å²) in [6.07, 6.45) is 4.37. The Bertz CT molecular complexity index is 396. The highest BCUT2D eigenvalue weighted by Gasteiger charge is 2.28. The van der Waals surface area contributed by atoms with Crippen LogP contribution in [0.1, 0.15) is 18.9 Å². The third kappa shape index (κ3) is 3.05. The van der Waals surface area contributed by atoms with Crippen LogP contribution in [0.5, 0.6) is 0 Å². The Morgan fingerprint density at radius 3 is 3.11 bits per heavy atom. The number of carbonyl (C=O) groups excluding carboxylic acids is 1. The van der Waals surface area contributed by atoms with E-state index >= 15 is 0 Å². The molecule has 2 atom stereocenters. The van der Waals surface area contributed by atoms with Crippen LogP contribution in [0, 0.1) is 0 Å². The fourth-order valence-electron chi connectivity index (χ4n) is 2.18. The molecule has 0 saturated carbocycles. The molecule has 1 fully saturated rings. The molecule has 98 valence electrons. The smallest absolute Gasteiger partial charge is 0.242 e. The lowest BCUT2D eigenvalue weighted by Crippen LogP contribution is -2.47. The second-order valence-corrected chi connectivity index (χ2v) is 4.71. The number of aliphatic hydroxyl groups excluding tert-OH is 1. The van der Waals surface area contributed by atoms with Crippen molar-refractivity contribution in [3.05, 3.63) is 30.1 Å². The van der Waals surface area contributed by atoms with Crippen molar-refractivity contribution in [1.82, 2.24) is 15.2 Å². The fraction of sp³-hybridized carbons (Fsp3) is 0.538. The Balaban J connectivity index is 2.09. The number of carbonyl (C=O) groups is 1. The normalized spacial score (nSPS) is 25.0. The topological polar surface area (TPSA) is 65.5 Å². The fourth-order valence-corrected chi connectivity index (χ4v) is 2.18. The summed E-state index contributed by atoms with van der Waals surface area (Å²) in [6, 6.07) is 3.57. The molecule has 0 radical (unpaired) electrons. The molecule has 0 spiro atoms. The number of hydrogen-bond acceptors (Lipinski definition) is 4. The van der Waals surface area contributed by atoms with Crippen molar-refractivity contribution in [2.24, 2.45) is 0 Å². The molecule has 0 aliphatic carbocycles. The lowest BCUT2D eigenvalue weighted by Gasteiger charge is -2.23. The van der Waals surface area contributed by atoms with Crippen LogP contribution in [-0.4, -0.2) is 46.1 Å². The molecule has 0 aromatic carbocycles. The second-order valence-electron chi connectivity index (χ2n) is 4.71.